The highest BCUT2D eigenvalue weighted by Crippen LogP contribution is 2.19. The molecule has 0 radical (unpaired) electrons. The summed E-state index contributed by atoms with van der Waals surface area (Å²) in [5.74, 6) is -1.28. The fourth-order valence-corrected chi connectivity index (χ4v) is 3.13. The van der Waals surface area contributed by atoms with Crippen LogP contribution in [0.2, 0.25) is 0 Å². The number of esters is 1. The van der Waals surface area contributed by atoms with Crippen LogP contribution in [0.25, 0.3) is 10.9 Å². The van der Waals surface area contributed by atoms with Crippen molar-refractivity contribution in [3.05, 3.63) is 76.7 Å². The average Bonchev–Trinajstić information content (AvgIpc) is 2.69. The summed E-state index contributed by atoms with van der Waals surface area (Å²) in [4.78, 5) is 31.0. The van der Waals surface area contributed by atoms with Gasteiger partial charge in [-0.15, -0.1) is 0 Å². The number of halogens is 1. The van der Waals surface area contributed by atoms with Crippen LogP contribution in [0.4, 0.5) is 4.39 Å². The molecule has 6 heteroatoms. The Balaban J connectivity index is 1.68. The van der Waals surface area contributed by atoms with Crippen LogP contribution >= 0.6 is 0 Å². The summed E-state index contributed by atoms with van der Waals surface area (Å²) in [5, 5.41) is 0.843. The minimum absolute atomic E-state index is 0.250. The number of pyridine rings is 1. The van der Waals surface area contributed by atoms with Crippen molar-refractivity contribution >= 4 is 22.8 Å². The summed E-state index contributed by atoms with van der Waals surface area (Å²) >= 11 is 0. The van der Waals surface area contributed by atoms with Crippen molar-refractivity contribution < 1.29 is 18.7 Å². The van der Waals surface area contributed by atoms with E-state index in [1.165, 1.54) is 17.0 Å². The molecular formula is C23H23FN2O3. The zero-order valence-electron chi connectivity index (χ0n) is 16.7. The number of carbonyl (C=O) groups is 2. The Kier molecular flexibility index (Phi) is 6.22. The van der Waals surface area contributed by atoms with Gasteiger partial charge in [-0.05, 0) is 56.7 Å². The fourth-order valence-electron chi connectivity index (χ4n) is 3.13. The molecule has 3 aromatic rings. The van der Waals surface area contributed by atoms with E-state index in [1.807, 2.05) is 32.0 Å². The highest BCUT2D eigenvalue weighted by molar-refractivity contribution is 5.96. The molecule has 0 aliphatic rings. The predicted molar refractivity (Wildman–Crippen MR) is 109 cm³/mol. The molecular weight excluding hydrogens is 371 g/mol. The van der Waals surface area contributed by atoms with Crippen LogP contribution in [0, 0.1) is 19.7 Å². The van der Waals surface area contributed by atoms with Crippen LogP contribution in [0.5, 0.6) is 0 Å². The third-order valence-corrected chi connectivity index (χ3v) is 4.70. The highest BCUT2D eigenvalue weighted by Gasteiger charge is 2.18. The Bertz CT molecular complexity index is 1070. The van der Waals surface area contributed by atoms with Gasteiger partial charge < -0.3 is 9.64 Å². The maximum absolute atomic E-state index is 13.4. The molecule has 1 aromatic heterocycles. The van der Waals surface area contributed by atoms with E-state index in [0.29, 0.717) is 23.4 Å². The lowest BCUT2D eigenvalue weighted by Gasteiger charge is -2.21. The molecule has 0 unspecified atom stereocenters. The maximum atomic E-state index is 13.4. The van der Waals surface area contributed by atoms with Gasteiger partial charge in [-0.25, -0.2) is 9.18 Å². The van der Waals surface area contributed by atoms with Gasteiger partial charge in [-0.2, -0.15) is 0 Å². The molecule has 1 heterocycles. The van der Waals surface area contributed by atoms with Crippen molar-refractivity contribution in [2.45, 2.75) is 27.3 Å². The van der Waals surface area contributed by atoms with Crippen LogP contribution in [-0.4, -0.2) is 34.9 Å². The van der Waals surface area contributed by atoms with Gasteiger partial charge >= 0.3 is 5.97 Å². The zero-order valence-corrected chi connectivity index (χ0v) is 16.7. The number of amides is 1. The van der Waals surface area contributed by atoms with Gasteiger partial charge in [0.15, 0.2) is 6.61 Å². The van der Waals surface area contributed by atoms with Crippen molar-refractivity contribution in [1.82, 2.24) is 9.88 Å². The highest BCUT2D eigenvalue weighted by atomic mass is 19.1. The molecule has 0 atom stereocenters. The molecule has 150 valence electrons. The zero-order chi connectivity index (χ0) is 21.0. The number of ether oxygens (including phenoxy) is 1. The Labute approximate surface area is 169 Å². The topological polar surface area (TPSA) is 59.5 Å². The SMILES string of the molecule is CCN(Cc1cccc(F)c1)C(=O)COC(=O)c1cc2cc(C)ccc2nc1C. The first-order valence-electron chi connectivity index (χ1n) is 9.44. The summed E-state index contributed by atoms with van der Waals surface area (Å²) in [6.07, 6.45) is 0. The summed E-state index contributed by atoms with van der Waals surface area (Å²) in [5.41, 5.74) is 3.42. The third kappa shape index (κ3) is 4.96. The van der Waals surface area contributed by atoms with Crippen LogP contribution in [0.1, 0.15) is 34.1 Å². The lowest BCUT2D eigenvalue weighted by molar-refractivity contribution is -0.134. The molecule has 3 rings (SSSR count). The molecule has 1 amide bonds. The Morgan fingerprint density at radius 3 is 2.62 bits per heavy atom. The number of hydrogen-bond acceptors (Lipinski definition) is 4. The van der Waals surface area contributed by atoms with Crippen molar-refractivity contribution in [2.24, 2.45) is 0 Å². The van der Waals surface area contributed by atoms with Gasteiger partial charge in [0.25, 0.3) is 5.91 Å². The number of rotatable bonds is 6. The lowest BCUT2D eigenvalue weighted by atomic mass is 10.1. The van der Waals surface area contributed by atoms with E-state index in [-0.39, 0.29) is 24.9 Å². The smallest absolute Gasteiger partial charge is 0.340 e. The molecule has 0 saturated carbocycles. The Morgan fingerprint density at radius 1 is 1.10 bits per heavy atom. The van der Waals surface area contributed by atoms with Gasteiger partial charge in [-0.1, -0.05) is 23.8 Å². The van der Waals surface area contributed by atoms with Gasteiger partial charge in [0.1, 0.15) is 5.82 Å². The second kappa shape index (κ2) is 8.82. The normalized spacial score (nSPS) is 10.8. The van der Waals surface area contributed by atoms with E-state index in [2.05, 4.69) is 4.98 Å². The van der Waals surface area contributed by atoms with Crippen molar-refractivity contribution in [1.29, 1.82) is 0 Å². The van der Waals surface area contributed by atoms with E-state index >= 15 is 0 Å². The van der Waals surface area contributed by atoms with E-state index in [1.54, 1.807) is 25.1 Å². The molecule has 0 fully saturated rings. The monoisotopic (exact) mass is 394 g/mol. The third-order valence-electron chi connectivity index (χ3n) is 4.70. The van der Waals surface area contributed by atoms with Crippen LogP contribution < -0.4 is 0 Å². The molecule has 2 aromatic carbocycles. The summed E-state index contributed by atoms with van der Waals surface area (Å²) < 4.78 is 18.6. The van der Waals surface area contributed by atoms with Crippen LogP contribution in [0.3, 0.4) is 0 Å². The lowest BCUT2D eigenvalue weighted by Crippen LogP contribution is -2.34. The van der Waals surface area contributed by atoms with Gasteiger partial charge in [0, 0.05) is 18.5 Å². The molecule has 0 aliphatic carbocycles. The van der Waals surface area contributed by atoms with Crippen molar-refractivity contribution in [3.8, 4) is 0 Å². The minimum atomic E-state index is -0.589. The molecule has 0 spiro atoms. The standard InChI is InChI=1S/C23H23FN2O3/c1-4-26(13-17-6-5-7-19(24)11-17)22(27)14-29-23(28)20-12-18-10-15(2)8-9-21(18)25-16(20)3/h5-12H,4,13-14H2,1-3H3. The first-order valence-corrected chi connectivity index (χ1v) is 9.44. The van der Waals surface area contributed by atoms with E-state index < -0.39 is 5.97 Å². The number of likely N-dealkylation sites (N-methyl/N-ethyl adjacent to an activating group) is 1. The number of aromatic nitrogens is 1. The molecule has 0 saturated heterocycles. The van der Waals surface area contributed by atoms with Gasteiger partial charge in [0.2, 0.25) is 0 Å². The number of benzene rings is 2. The molecule has 0 bridgehead atoms. The first-order chi connectivity index (χ1) is 13.9. The first kappa shape index (κ1) is 20.5. The Morgan fingerprint density at radius 2 is 1.90 bits per heavy atom. The number of aryl methyl sites for hydroxylation is 2. The van der Waals surface area contributed by atoms with E-state index in [4.69, 9.17) is 4.74 Å². The maximum Gasteiger partial charge on any atom is 0.340 e. The quantitative estimate of drug-likeness (QED) is 0.588. The Hall–Kier alpha value is -3.28. The number of fused-ring (bicyclic) bond motifs is 1. The van der Waals surface area contributed by atoms with E-state index in [0.717, 1.165) is 16.5 Å². The number of nitrogens with zero attached hydrogens (tertiary/aromatic N) is 2. The van der Waals surface area contributed by atoms with Gasteiger partial charge in [-0.3, -0.25) is 9.78 Å². The van der Waals surface area contributed by atoms with Crippen molar-refractivity contribution in [3.63, 3.8) is 0 Å². The molecule has 5 nitrogen and oxygen atoms in total. The van der Waals surface area contributed by atoms with Crippen LogP contribution in [-0.2, 0) is 16.1 Å². The average molecular weight is 394 g/mol. The van der Waals surface area contributed by atoms with Crippen molar-refractivity contribution in [2.75, 3.05) is 13.2 Å². The summed E-state index contributed by atoms with van der Waals surface area (Å²) in [7, 11) is 0. The molecule has 0 N–H and O–H groups in total. The number of hydrogen-bond donors (Lipinski definition) is 0. The molecule has 29 heavy (non-hydrogen) atoms. The van der Waals surface area contributed by atoms with Crippen LogP contribution in [0.15, 0.2) is 48.5 Å². The second-order valence-corrected chi connectivity index (χ2v) is 6.93. The minimum Gasteiger partial charge on any atom is -0.452 e. The number of carbonyl (C=O) groups excluding carboxylic acids is 2. The second-order valence-electron chi connectivity index (χ2n) is 6.93. The predicted octanol–water partition coefficient (Wildman–Crippen LogP) is 4.20. The van der Waals surface area contributed by atoms with E-state index in [9.17, 15) is 14.0 Å². The molecule has 0 aliphatic heterocycles. The fraction of sp³-hybridized carbons (Fsp3) is 0.261. The van der Waals surface area contributed by atoms with Gasteiger partial charge in [0.05, 0.1) is 16.8 Å². The largest absolute Gasteiger partial charge is 0.452 e. The summed E-state index contributed by atoms with van der Waals surface area (Å²) in [6.45, 7) is 5.81. The summed E-state index contributed by atoms with van der Waals surface area (Å²) in [6, 6.07) is 13.6.